The highest BCUT2D eigenvalue weighted by atomic mass is 16.5. The summed E-state index contributed by atoms with van der Waals surface area (Å²) < 4.78 is 9.20. The molecule has 0 fully saturated rings. The Kier molecular flexibility index (Phi) is 6.59. The second-order valence-electron chi connectivity index (χ2n) is 2.93. The average molecular weight is 224 g/mol. The van der Waals surface area contributed by atoms with Crippen molar-refractivity contribution in [2.45, 2.75) is 12.8 Å². The molecular weight excluding hydrogens is 208 g/mol. The predicted octanol–water partition coefficient (Wildman–Crippen LogP) is 1.78. The normalized spacial score (nSPS) is 11.1. The third-order valence-corrected chi connectivity index (χ3v) is 1.92. The number of hydrogen-bond donors (Lipinski definition) is 0. The van der Waals surface area contributed by atoms with E-state index in [1.165, 1.54) is 26.4 Å². The lowest BCUT2D eigenvalue weighted by molar-refractivity contribution is -0.139. The number of carbonyl (C=O) groups is 2. The maximum absolute atomic E-state index is 11.5. The molecule has 0 aromatic heterocycles. The molecule has 0 N–H and O–H groups in total. The van der Waals surface area contributed by atoms with Crippen LogP contribution < -0.4 is 0 Å². The Hall–Kier alpha value is -1.84. The van der Waals surface area contributed by atoms with Gasteiger partial charge in [0.15, 0.2) is 0 Å². The fourth-order valence-corrected chi connectivity index (χ4v) is 1.19. The van der Waals surface area contributed by atoms with Crippen LogP contribution in [0.5, 0.6) is 0 Å². The standard InChI is InChI=1S/C12H16O4/c1-5-7-9(11(13)15-3)10(8-6-2)12(14)16-4/h5-6H,1-2,7-8H2,3-4H3. The van der Waals surface area contributed by atoms with Crippen LogP contribution in [0.3, 0.4) is 0 Å². The van der Waals surface area contributed by atoms with Gasteiger partial charge >= 0.3 is 11.9 Å². The molecule has 0 unspecified atom stereocenters. The SMILES string of the molecule is C=CCC(C(=O)OC)=C(CC=C)C(=O)OC. The second-order valence-corrected chi connectivity index (χ2v) is 2.93. The van der Waals surface area contributed by atoms with Crippen LogP contribution >= 0.6 is 0 Å². The zero-order chi connectivity index (χ0) is 12.6. The molecule has 0 heterocycles. The maximum Gasteiger partial charge on any atom is 0.334 e. The molecule has 0 amide bonds. The summed E-state index contributed by atoms with van der Waals surface area (Å²) in [6, 6.07) is 0. The van der Waals surface area contributed by atoms with Gasteiger partial charge in [-0.05, 0) is 12.8 Å². The monoisotopic (exact) mass is 224 g/mol. The summed E-state index contributed by atoms with van der Waals surface area (Å²) in [7, 11) is 2.52. The van der Waals surface area contributed by atoms with Gasteiger partial charge in [-0.15, -0.1) is 13.2 Å². The molecule has 16 heavy (non-hydrogen) atoms. The molecule has 4 nitrogen and oxygen atoms in total. The molecule has 0 aliphatic rings. The summed E-state index contributed by atoms with van der Waals surface area (Å²) in [5, 5.41) is 0. The molecule has 0 aromatic carbocycles. The van der Waals surface area contributed by atoms with Crippen molar-refractivity contribution in [3.05, 3.63) is 36.5 Å². The number of methoxy groups -OCH3 is 2. The highest BCUT2D eigenvalue weighted by Crippen LogP contribution is 2.16. The van der Waals surface area contributed by atoms with E-state index in [1.807, 2.05) is 0 Å². The minimum atomic E-state index is -0.554. The van der Waals surface area contributed by atoms with Crippen LogP contribution in [-0.4, -0.2) is 26.2 Å². The minimum Gasteiger partial charge on any atom is -0.466 e. The summed E-state index contributed by atoms with van der Waals surface area (Å²) in [6.45, 7) is 7.05. The first kappa shape index (κ1) is 14.2. The number of carbonyl (C=O) groups excluding carboxylic acids is 2. The lowest BCUT2D eigenvalue weighted by atomic mass is 10.0. The van der Waals surface area contributed by atoms with E-state index in [1.54, 1.807) is 0 Å². The molecular formula is C12H16O4. The molecule has 4 heteroatoms. The van der Waals surface area contributed by atoms with Crippen LogP contribution in [0.25, 0.3) is 0 Å². The number of rotatable bonds is 6. The van der Waals surface area contributed by atoms with E-state index in [0.29, 0.717) is 0 Å². The van der Waals surface area contributed by atoms with E-state index in [9.17, 15) is 9.59 Å². The molecule has 0 bridgehead atoms. The van der Waals surface area contributed by atoms with Crippen LogP contribution in [0.15, 0.2) is 36.5 Å². The summed E-state index contributed by atoms with van der Waals surface area (Å²) in [5.74, 6) is -1.11. The van der Waals surface area contributed by atoms with Gasteiger partial charge in [-0.3, -0.25) is 0 Å². The van der Waals surface area contributed by atoms with Crippen LogP contribution in [0.1, 0.15) is 12.8 Å². The smallest absolute Gasteiger partial charge is 0.334 e. The first-order valence-corrected chi connectivity index (χ1v) is 4.72. The Bertz CT molecular complexity index is 294. The van der Waals surface area contributed by atoms with Gasteiger partial charge in [-0.2, -0.15) is 0 Å². The Morgan fingerprint density at radius 1 is 0.938 bits per heavy atom. The topological polar surface area (TPSA) is 52.6 Å². The first-order valence-electron chi connectivity index (χ1n) is 4.72. The molecule has 0 saturated carbocycles. The Balaban J connectivity index is 5.40. The Morgan fingerprint density at radius 3 is 1.44 bits per heavy atom. The van der Waals surface area contributed by atoms with Gasteiger partial charge in [0, 0.05) is 0 Å². The van der Waals surface area contributed by atoms with Crippen molar-refractivity contribution in [3.63, 3.8) is 0 Å². The fraction of sp³-hybridized carbons (Fsp3) is 0.333. The molecule has 0 radical (unpaired) electrons. The Morgan fingerprint density at radius 2 is 1.25 bits per heavy atom. The summed E-state index contributed by atoms with van der Waals surface area (Å²) in [4.78, 5) is 22.9. The average Bonchev–Trinajstić information content (AvgIpc) is 2.31. The molecule has 0 rings (SSSR count). The van der Waals surface area contributed by atoms with Crippen molar-refractivity contribution >= 4 is 11.9 Å². The largest absolute Gasteiger partial charge is 0.466 e. The molecule has 0 aromatic rings. The zero-order valence-electron chi connectivity index (χ0n) is 9.62. The van der Waals surface area contributed by atoms with Gasteiger partial charge in [0.1, 0.15) is 0 Å². The number of esters is 2. The summed E-state index contributed by atoms with van der Waals surface area (Å²) >= 11 is 0. The Labute approximate surface area is 95.2 Å². The van der Waals surface area contributed by atoms with Crippen molar-refractivity contribution in [3.8, 4) is 0 Å². The third-order valence-electron chi connectivity index (χ3n) is 1.92. The van der Waals surface area contributed by atoms with Gasteiger partial charge in [-0.25, -0.2) is 9.59 Å². The quantitative estimate of drug-likeness (QED) is 0.392. The molecule has 0 atom stereocenters. The van der Waals surface area contributed by atoms with Gasteiger partial charge < -0.3 is 9.47 Å². The van der Waals surface area contributed by atoms with Gasteiger partial charge in [0.25, 0.3) is 0 Å². The number of allylic oxidation sites excluding steroid dienone is 2. The lowest BCUT2D eigenvalue weighted by Gasteiger charge is -2.09. The summed E-state index contributed by atoms with van der Waals surface area (Å²) in [5.41, 5.74) is 0.508. The van der Waals surface area contributed by atoms with Crippen LogP contribution in [-0.2, 0) is 19.1 Å². The predicted molar refractivity (Wildman–Crippen MR) is 60.7 cm³/mol. The summed E-state index contributed by atoms with van der Waals surface area (Å²) in [6.07, 6.45) is 3.56. The van der Waals surface area contributed by atoms with E-state index in [0.717, 1.165) is 0 Å². The molecule has 0 spiro atoms. The van der Waals surface area contributed by atoms with Crippen LogP contribution in [0.4, 0.5) is 0 Å². The molecule has 88 valence electrons. The zero-order valence-corrected chi connectivity index (χ0v) is 9.62. The van der Waals surface area contributed by atoms with E-state index in [2.05, 4.69) is 22.6 Å². The number of hydrogen-bond acceptors (Lipinski definition) is 4. The van der Waals surface area contributed by atoms with Gasteiger partial charge in [0.05, 0.1) is 25.4 Å². The van der Waals surface area contributed by atoms with Crippen LogP contribution in [0.2, 0.25) is 0 Å². The van der Waals surface area contributed by atoms with Gasteiger partial charge in [0.2, 0.25) is 0 Å². The highest BCUT2D eigenvalue weighted by molar-refractivity contribution is 6.00. The minimum absolute atomic E-state index is 0.254. The van der Waals surface area contributed by atoms with E-state index < -0.39 is 11.9 Å². The van der Waals surface area contributed by atoms with E-state index in [4.69, 9.17) is 0 Å². The third kappa shape index (κ3) is 3.73. The van der Waals surface area contributed by atoms with Crippen molar-refractivity contribution < 1.29 is 19.1 Å². The van der Waals surface area contributed by atoms with Gasteiger partial charge in [-0.1, -0.05) is 12.2 Å². The lowest BCUT2D eigenvalue weighted by Crippen LogP contribution is -2.14. The first-order chi connectivity index (χ1) is 7.62. The van der Waals surface area contributed by atoms with Crippen molar-refractivity contribution in [1.82, 2.24) is 0 Å². The molecule has 0 aliphatic carbocycles. The van der Waals surface area contributed by atoms with E-state index >= 15 is 0 Å². The van der Waals surface area contributed by atoms with Crippen LogP contribution in [0, 0.1) is 0 Å². The maximum atomic E-state index is 11.5. The van der Waals surface area contributed by atoms with Crippen molar-refractivity contribution in [2.24, 2.45) is 0 Å². The van der Waals surface area contributed by atoms with Crippen molar-refractivity contribution in [2.75, 3.05) is 14.2 Å². The second kappa shape index (κ2) is 7.45. The number of ether oxygens (including phenoxy) is 2. The highest BCUT2D eigenvalue weighted by Gasteiger charge is 2.19. The molecule has 0 aliphatic heterocycles. The molecule has 0 saturated heterocycles. The fourth-order valence-electron chi connectivity index (χ4n) is 1.19. The van der Waals surface area contributed by atoms with Crippen molar-refractivity contribution in [1.29, 1.82) is 0 Å². The van der Waals surface area contributed by atoms with E-state index in [-0.39, 0.29) is 24.0 Å².